The molecule has 0 amide bonds. The molecule has 0 atom stereocenters. The molecule has 1 aromatic carbocycles. The fourth-order valence-electron chi connectivity index (χ4n) is 2.25. The molecule has 6 nitrogen and oxygen atoms in total. The molecule has 3 aromatic rings. The summed E-state index contributed by atoms with van der Waals surface area (Å²) < 4.78 is 11.8. The second-order valence-electron chi connectivity index (χ2n) is 5.29. The lowest BCUT2D eigenvalue weighted by atomic mass is 10.2. The van der Waals surface area contributed by atoms with Crippen LogP contribution >= 0.6 is 11.3 Å². The molecule has 2 heterocycles. The summed E-state index contributed by atoms with van der Waals surface area (Å²) in [6, 6.07) is 8.66. The van der Waals surface area contributed by atoms with E-state index >= 15 is 0 Å². The maximum absolute atomic E-state index is 12.1. The number of esters is 1. The summed E-state index contributed by atoms with van der Waals surface area (Å²) in [6.45, 7) is 1.80. The van der Waals surface area contributed by atoms with Crippen molar-refractivity contribution in [3.8, 4) is 5.75 Å². The lowest BCUT2D eigenvalue weighted by Gasteiger charge is -2.03. The summed E-state index contributed by atoms with van der Waals surface area (Å²) in [5.74, 6) is 0.247. The van der Waals surface area contributed by atoms with Gasteiger partial charge in [-0.3, -0.25) is 9.20 Å². The van der Waals surface area contributed by atoms with Crippen molar-refractivity contribution in [1.82, 2.24) is 9.38 Å². The lowest BCUT2D eigenvalue weighted by Crippen LogP contribution is -2.16. The van der Waals surface area contributed by atoms with E-state index in [0.717, 1.165) is 17.0 Å². The quantitative estimate of drug-likeness (QED) is 0.519. The van der Waals surface area contributed by atoms with E-state index in [9.17, 15) is 9.59 Å². The maximum Gasteiger partial charge on any atom is 0.331 e. The van der Waals surface area contributed by atoms with E-state index in [2.05, 4.69) is 4.98 Å². The molecule has 0 spiro atoms. The number of rotatable bonds is 5. The van der Waals surface area contributed by atoms with Crippen LogP contribution in [0.25, 0.3) is 11.0 Å². The van der Waals surface area contributed by atoms with Crippen LogP contribution in [0.3, 0.4) is 0 Å². The van der Waals surface area contributed by atoms with E-state index in [1.54, 1.807) is 25.3 Å². The van der Waals surface area contributed by atoms with Gasteiger partial charge in [-0.1, -0.05) is 12.1 Å². The number of hydrogen-bond donors (Lipinski definition) is 0. The number of benzene rings is 1. The fraction of sp³-hybridized carbons (Fsp3) is 0.167. The second kappa shape index (κ2) is 7.31. The number of ether oxygens (including phenoxy) is 2. The molecule has 0 aliphatic heterocycles. The van der Waals surface area contributed by atoms with Gasteiger partial charge in [-0.2, -0.15) is 0 Å². The molecule has 0 aliphatic carbocycles. The predicted molar refractivity (Wildman–Crippen MR) is 95.9 cm³/mol. The fourth-order valence-corrected chi connectivity index (χ4v) is 3.14. The molecule has 0 saturated carbocycles. The highest BCUT2D eigenvalue weighted by Crippen LogP contribution is 2.13. The zero-order valence-electron chi connectivity index (χ0n) is 13.8. The summed E-state index contributed by atoms with van der Waals surface area (Å²) in [4.78, 5) is 28.8. The van der Waals surface area contributed by atoms with Gasteiger partial charge in [0.15, 0.2) is 4.96 Å². The van der Waals surface area contributed by atoms with Gasteiger partial charge in [0.1, 0.15) is 12.4 Å². The molecule has 7 heteroatoms. The number of methoxy groups -OCH3 is 1. The smallest absolute Gasteiger partial charge is 0.331 e. The number of aryl methyl sites for hydroxylation is 1. The monoisotopic (exact) mass is 356 g/mol. The Hall–Kier alpha value is -2.93. The minimum Gasteiger partial charge on any atom is -0.497 e. The number of aromatic nitrogens is 2. The van der Waals surface area contributed by atoms with Gasteiger partial charge in [-0.05, 0) is 30.7 Å². The lowest BCUT2D eigenvalue weighted by molar-refractivity contribution is -0.139. The molecular formula is C18H16N2O4S. The van der Waals surface area contributed by atoms with E-state index in [1.807, 2.05) is 24.4 Å². The molecule has 25 heavy (non-hydrogen) atoms. The van der Waals surface area contributed by atoms with Gasteiger partial charge in [0.25, 0.3) is 5.56 Å². The van der Waals surface area contributed by atoms with Crippen LogP contribution in [0.1, 0.15) is 17.0 Å². The first-order chi connectivity index (χ1) is 12.1. The van der Waals surface area contributed by atoms with Gasteiger partial charge in [0, 0.05) is 23.2 Å². The highest BCUT2D eigenvalue weighted by molar-refractivity contribution is 7.15. The van der Waals surface area contributed by atoms with Crippen molar-refractivity contribution in [1.29, 1.82) is 0 Å². The van der Waals surface area contributed by atoms with Crippen molar-refractivity contribution in [2.45, 2.75) is 13.5 Å². The van der Waals surface area contributed by atoms with Crippen molar-refractivity contribution in [3.05, 3.63) is 69.1 Å². The molecule has 128 valence electrons. The van der Waals surface area contributed by atoms with Crippen LogP contribution < -0.4 is 10.3 Å². The maximum atomic E-state index is 12.1. The van der Waals surface area contributed by atoms with E-state index in [4.69, 9.17) is 9.47 Å². The van der Waals surface area contributed by atoms with Gasteiger partial charge in [-0.25, -0.2) is 9.78 Å². The van der Waals surface area contributed by atoms with Gasteiger partial charge >= 0.3 is 5.97 Å². The average molecular weight is 356 g/mol. The number of hydrogen-bond acceptors (Lipinski definition) is 6. The normalized spacial score (nSPS) is 11.1. The minimum atomic E-state index is -0.500. The van der Waals surface area contributed by atoms with Crippen molar-refractivity contribution in [2.75, 3.05) is 7.11 Å². The topological polar surface area (TPSA) is 69.9 Å². The Labute approximate surface area is 148 Å². The van der Waals surface area contributed by atoms with E-state index in [1.165, 1.54) is 27.9 Å². The highest BCUT2D eigenvalue weighted by Gasteiger charge is 2.07. The van der Waals surface area contributed by atoms with Gasteiger partial charge in [0.2, 0.25) is 0 Å². The molecule has 0 radical (unpaired) electrons. The third-order valence-corrected chi connectivity index (χ3v) is 4.46. The van der Waals surface area contributed by atoms with Crippen molar-refractivity contribution < 1.29 is 14.3 Å². The Kier molecular flexibility index (Phi) is 4.95. The third kappa shape index (κ3) is 3.95. The summed E-state index contributed by atoms with van der Waals surface area (Å²) >= 11 is 1.37. The first-order valence-corrected chi connectivity index (χ1v) is 8.40. The molecule has 0 bridgehead atoms. The largest absolute Gasteiger partial charge is 0.497 e. The van der Waals surface area contributed by atoms with Crippen LogP contribution in [0.5, 0.6) is 5.75 Å². The Bertz CT molecular complexity index is 986. The number of nitrogens with zero attached hydrogens (tertiary/aromatic N) is 2. The zero-order chi connectivity index (χ0) is 17.8. The Morgan fingerprint density at radius 2 is 2.08 bits per heavy atom. The second-order valence-corrected chi connectivity index (χ2v) is 6.13. The van der Waals surface area contributed by atoms with Crippen LogP contribution in [0, 0.1) is 6.92 Å². The first kappa shape index (κ1) is 16.9. The van der Waals surface area contributed by atoms with Gasteiger partial charge in [0.05, 0.1) is 12.8 Å². The van der Waals surface area contributed by atoms with Crippen molar-refractivity contribution in [3.63, 3.8) is 0 Å². The van der Waals surface area contributed by atoms with Crippen LogP contribution in [0.2, 0.25) is 0 Å². The SMILES string of the molecule is COc1ccc(/C=C/C(=O)OCc2cc(=O)n3c(C)csc3n2)cc1. The van der Waals surface area contributed by atoms with Crippen LogP contribution in [-0.2, 0) is 16.1 Å². The number of carbonyl (C=O) groups excluding carboxylic acids is 1. The molecule has 2 aromatic heterocycles. The van der Waals surface area contributed by atoms with E-state index < -0.39 is 5.97 Å². The number of thiazole rings is 1. The molecule has 0 fully saturated rings. The number of fused-ring (bicyclic) bond motifs is 1. The molecule has 0 aliphatic rings. The minimum absolute atomic E-state index is 0.0471. The average Bonchev–Trinajstić information content (AvgIpc) is 3.00. The van der Waals surface area contributed by atoms with Gasteiger partial charge < -0.3 is 9.47 Å². The summed E-state index contributed by atoms with van der Waals surface area (Å²) in [5, 5.41) is 1.86. The standard InChI is InChI=1S/C18H16N2O4S/c1-12-11-25-18-19-14(9-16(21)20(12)18)10-24-17(22)8-5-13-3-6-15(23-2)7-4-13/h3-9,11H,10H2,1-2H3/b8-5+. The Morgan fingerprint density at radius 3 is 2.80 bits per heavy atom. The predicted octanol–water partition coefficient (Wildman–Crippen LogP) is 2.83. The third-order valence-electron chi connectivity index (χ3n) is 3.52. The molecular weight excluding hydrogens is 340 g/mol. The Balaban J connectivity index is 1.63. The first-order valence-electron chi connectivity index (χ1n) is 7.52. The van der Waals surface area contributed by atoms with Crippen LogP contribution in [0.15, 0.2) is 46.6 Å². The Morgan fingerprint density at radius 1 is 1.32 bits per heavy atom. The van der Waals surface area contributed by atoms with Crippen LogP contribution in [0.4, 0.5) is 0 Å². The molecule has 0 N–H and O–H groups in total. The zero-order valence-corrected chi connectivity index (χ0v) is 14.6. The van der Waals surface area contributed by atoms with Crippen molar-refractivity contribution >= 4 is 28.3 Å². The summed E-state index contributed by atoms with van der Waals surface area (Å²) in [7, 11) is 1.59. The van der Waals surface area contributed by atoms with E-state index in [-0.39, 0.29) is 12.2 Å². The van der Waals surface area contributed by atoms with Gasteiger partial charge in [-0.15, -0.1) is 11.3 Å². The van der Waals surface area contributed by atoms with E-state index in [0.29, 0.717) is 10.7 Å². The summed E-state index contributed by atoms with van der Waals surface area (Å²) in [6.07, 6.45) is 2.98. The number of carbonyl (C=O) groups is 1. The molecule has 0 unspecified atom stereocenters. The van der Waals surface area contributed by atoms with Crippen molar-refractivity contribution in [2.24, 2.45) is 0 Å². The molecule has 0 saturated heterocycles. The molecule has 3 rings (SSSR count). The highest BCUT2D eigenvalue weighted by atomic mass is 32.1. The summed E-state index contributed by atoms with van der Waals surface area (Å²) in [5.41, 5.74) is 1.94. The van der Waals surface area contributed by atoms with Crippen LogP contribution in [-0.4, -0.2) is 22.5 Å².